The van der Waals surface area contributed by atoms with Crippen LogP contribution in [0.25, 0.3) is 0 Å². The number of hydrogen-bond acceptors (Lipinski definition) is 5. The normalized spacial score (nSPS) is 20.7. The molecule has 28 heavy (non-hydrogen) atoms. The Kier molecular flexibility index (Phi) is 4.30. The molecule has 0 bridgehead atoms. The average Bonchev–Trinajstić information content (AvgIpc) is 3.39. The molecular weight excluding hydrogens is 358 g/mol. The molecule has 1 atom stereocenters. The number of nitrogens with zero attached hydrogens (tertiary/aromatic N) is 2. The number of nitrogens with one attached hydrogen (secondary N) is 1. The third kappa shape index (κ3) is 2.95. The van der Waals surface area contributed by atoms with E-state index >= 15 is 0 Å². The molecule has 2 aromatic rings. The van der Waals surface area contributed by atoms with Crippen LogP contribution in [0.3, 0.4) is 0 Å². The maximum atomic E-state index is 13.1. The van der Waals surface area contributed by atoms with Gasteiger partial charge in [0.15, 0.2) is 23.0 Å². The van der Waals surface area contributed by atoms with Crippen LogP contribution in [0.5, 0.6) is 11.5 Å². The number of aromatic nitrogens is 2. The largest absolute Gasteiger partial charge is 0.454 e. The summed E-state index contributed by atoms with van der Waals surface area (Å²) in [6.07, 6.45) is 5.70. The van der Waals surface area contributed by atoms with Gasteiger partial charge in [0.1, 0.15) is 0 Å². The summed E-state index contributed by atoms with van der Waals surface area (Å²) >= 11 is 0. The zero-order chi connectivity index (χ0) is 19.1. The van der Waals surface area contributed by atoms with Crippen LogP contribution in [-0.4, -0.2) is 46.7 Å². The number of carbonyl (C=O) groups is 2. The second-order valence-electron chi connectivity index (χ2n) is 7.76. The molecule has 1 saturated heterocycles. The molecule has 1 aliphatic carbocycles. The summed E-state index contributed by atoms with van der Waals surface area (Å²) in [7, 11) is 0. The first-order valence-corrected chi connectivity index (χ1v) is 10.00. The molecule has 5 rings (SSSR count). The molecule has 0 spiro atoms. The number of carbonyl (C=O) groups excluding carboxylic acids is 2. The van der Waals surface area contributed by atoms with E-state index in [4.69, 9.17) is 9.47 Å². The number of rotatable bonds is 3. The van der Waals surface area contributed by atoms with E-state index in [2.05, 4.69) is 10.2 Å². The Hall–Kier alpha value is -2.83. The van der Waals surface area contributed by atoms with Crippen LogP contribution in [0.4, 0.5) is 0 Å². The highest BCUT2D eigenvalue weighted by Gasteiger charge is 2.32. The van der Waals surface area contributed by atoms with Crippen LogP contribution in [0.2, 0.25) is 0 Å². The Morgan fingerprint density at radius 1 is 1.11 bits per heavy atom. The Morgan fingerprint density at radius 2 is 1.96 bits per heavy atom. The van der Waals surface area contributed by atoms with Crippen molar-refractivity contribution in [1.82, 2.24) is 15.1 Å². The summed E-state index contributed by atoms with van der Waals surface area (Å²) in [4.78, 5) is 27.9. The molecule has 7 heteroatoms. The van der Waals surface area contributed by atoms with Crippen LogP contribution in [0, 0.1) is 5.92 Å². The molecule has 3 aliphatic rings. The van der Waals surface area contributed by atoms with Gasteiger partial charge < -0.3 is 14.4 Å². The second-order valence-corrected chi connectivity index (χ2v) is 7.76. The van der Waals surface area contributed by atoms with Gasteiger partial charge in [-0.15, -0.1) is 0 Å². The van der Waals surface area contributed by atoms with Gasteiger partial charge in [-0.05, 0) is 56.7 Å². The summed E-state index contributed by atoms with van der Waals surface area (Å²) in [5.41, 5.74) is 3.33. The van der Waals surface area contributed by atoms with E-state index in [0.717, 1.165) is 49.8 Å². The van der Waals surface area contributed by atoms with Gasteiger partial charge in [-0.25, -0.2) is 0 Å². The van der Waals surface area contributed by atoms with Gasteiger partial charge in [0.05, 0.1) is 0 Å². The predicted octanol–water partition coefficient (Wildman–Crippen LogP) is 2.75. The molecule has 1 aromatic heterocycles. The van der Waals surface area contributed by atoms with Gasteiger partial charge in [-0.1, -0.05) is 0 Å². The van der Waals surface area contributed by atoms with Crippen molar-refractivity contribution in [1.29, 1.82) is 0 Å². The molecule has 1 N–H and O–H groups in total. The van der Waals surface area contributed by atoms with Crippen LogP contribution < -0.4 is 9.47 Å². The fourth-order valence-electron chi connectivity index (χ4n) is 4.47. The highest BCUT2D eigenvalue weighted by atomic mass is 16.7. The van der Waals surface area contributed by atoms with Crippen LogP contribution in [0.15, 0.2) is 18.2 Å². The van der Waals surface area contributed by atoms with E-state index in [0.29, 0.717) is 35.8 Å². The number of Topliss-reactive ketones (excluding diaryl/α,β-unsaturated/α-hetero) is 1. The minimum atomic E-state index is -0.201. The van der Waals surface area contributed by atoms with E-state index in [1.165, 1.54) is 0 Å². The SMILES string of the molecule is O=C(c1ccc2c(c1)OCO2)[C@H]1CCCN(C(=O)c2n[nH]c3c2CCCC3)C1. The van der Waals surface area contributed by atoms with Crippen molar-refractivity contribution in [3.63, 3.8) is 0 Å². The van der Waals surface area contributed by atoms with Gasteiger partial charge >= 0.3 is 0 Å². The van der Waals surface area contributed by atoms with E-state index in [1.54, 1.807) is 23.1 Å². The van der Waals surface area contributed by atoms with E-state index in [9.17, 15) is 9.59 Å². The van der Waals surface area contributed by atoms with Crippen molar-refractivity contribution < 1.29 is 19.1 Å². The zero-order valence-corrected chi connectivity index (χ0v) is 15.7. The van der Waals surface area contributed by atoms with Gasteiger partial charge in [0.25, 0.3) is 5.91 Å². The Bertz CT molecular complexity index is 936. The van der Waals surface area contributed by atoms with Crippen molar-refractivity contribution in [3.05, 3.63) is 40.7 Å². The number of piperidine rings is 1. The number of aryl methyl sites for hydroxylation is 1. The zero-order valence-electron chi connectivity index (χ0n) is 15.7. The second kappa shape index (κ2) is 6.96. The Balaban J connectivity index is 1.33. The number of ether oxygens (including phenoxy) is 2. The average molecular weight is 381 g/mol. The van der Waals surface area contributed by atoms with Gasteiger partial charge in [0.2, 0.25) is 6.79 Å². The molecule has 0 saturated carbocycles. The summed E-state index contributed by atoms with van der Waals surface area (Å²) < 4.78 is 10.7. The standard InChI is InChI=1S/C21H23N3O4/c25-20(13-7-8-17-18(10-13)28-12-27-17)14-4-3-9-24(11-14)21(26)19-15-5-1-2-6-16(15)22-23-19/h7-8,10,14H,1-6,9,11-12H2,(H,22,23)/t14-/m0/s1. The maximum Gasteiger partial charge on any atom is 0.274 e. The molecular formula is C21H23N3O4. The smallest absolute Gasteiger partial charge is 0.274 e. The Morgan fingerprint density at radius 3 is 2.89 bits per heavy atom. The lowest BCUT2D eigenvalue weighted by Gasteiger charge is -2.32. The molecule has 146 valence electrons. The van der Waals surface area contributed by atoms with Gasteiger partial charge in [-0.3, -0.25) is 14.7 Å². The minimum Gasteiger partial charge on any atom is -0.454 e. The fourth-order valence-corrected chi connectivity index (χ4v) is 4.47. The van der Waals surface area contributed by atoms with Crippen molar-refractivity contribution in [2.45, 2.75) is 38.5 Å². The molecule has 0 unspecified atom stereocenters. The molecule has 1 aromatic carbocycles. The van der Waals surface area contributed by atoms with Crippen molar-refractivity contribution in [2.75, 3.05) is 19.9 Å². The van der Waals surface area contributed by atoms with Gasteiger partial charge in [0, 0.05) is 35.8 Å². The van der Waals surface area contributed by atoms with Crippen molar-refractivity contribution in [2.24, 2.45) is 5.92 Å². The number of likely N-dealkylation sites (tertiary alicyclic amines) is 1. The Labute approximate surface area is 163 Å². The van der Waals surface area contributed by atoms with Crippen LogP contribution in [-0.2, 0) is 12.8 Å². The summed E-state index contributed by atoms with van der Waals surface area (Å²) in [6.45, 7) is 1.30. The lowest BCUT2D eigenvalue weighted by atomic mass is 9.89. The lowest BCUT2D eigenvalue weighted by molar-refractivity contribution is 0.0631. The third-order valence-electron chi connectivity index (χ3n) is 6.00. The fraction of sp³-hybridized carbons (Fsp3) is 0.476. The third-order valence-corrected chi connectivity index (χ3v) is 6.00. The van der Waals surface area contributed by atoms with Crippen LogP contribution >= 0.6 is 0 Å². The number of hydrogen-bond donors (Lipinski definition) is 1. The van der Waals surface area contributed by atoms with Gasteiger partial charge in [-0.2, -0.15) is 5.10 Å². The molecule has 7 nitrogen and oxygen atoms in total. The van der Waals surface area contributed by atoms with Crippen molar-refractivity contribution in [3.8, 4) is 11.5 Å². The first kappa shape index (κ1) is 17.3. The maximum absolute atomic E-state index is 13.1. The van der Waals surface area contributed by atoms with E-state index < -0.39 is 0 Å². The highest BCUT2D eigenvalue weighted by molar-refractivity contribution is 6.00. The number of fused-ring (bicyclic) bond motifs is 2. The summed E-state index contributed by atoms with van der Waals surface area (Å²) in [6, 6.07) is 5.30. The summed E-state index contributed by atoms with van der Waals surface area (Å²) in [5.74, 6) is 1.08. The molecule has 2 aliphatic heterocycles. The first-order valence-electron chi connectivity index (χ1n) is 10.00. The number of amides is 1. The monoisotopic (exact) mass is 381 g/mol. The summed E-state index contributed by atoms with van der Waals surface area (Å²) in [5, 5.41) is 7.35. The predicted molar refractivity (Wildman–Crippen MR) is 101 cm³/mol. The van der Waals surface area contributed by atoms with E-state index in [1.807, 2.05) is 0 Å². The number of H-pyrrole nitrogens is 1. The topological polar surface area (TPSA) is 84.5 Å². The van der Waals surface area contributed by atoms with Crippen LogP contribution in [0.1, 0.15) is 57.8 Å². The number of aromatic amines is 1. The minimum absolute atomic E-state index is 0.0532. The van der Waals surface area contributed by atoms with E-state index in [-0.39, 0.29) is 24.4 Å². The number of benzene rings is 1. The first-order chi connectivity index (χ1) is 13.7. The quantitative estimate of drug-likeness (QED) is 0.827. The van der Waals surface area contributed by atoms with Crippen molar-refractivity contribution >= 4 is 11.7 Å². The highest BCUT2D eigenvalue weighted by Crippen LogP contribution is 2.34. The molecule has 1 fully saturated rings. The molecule has 3 heterocycles. The molecule has 0 radical (unpaired) electrons. The number of ketones is 1. The lowest BCUT2D eigenvalue weighted by Crippen LogP contribution is -2.42. The molecule has 1 amide bonds.